The van der Waals surface area contributed by atoms with Gasteiger partial charge in [-0.05, 0) is 72.8 Å². The fourth-order valence-electron chi connectivity index (χ4n) is 6.34. The van der Waals surface area contributed by atoms with Crippen LogP contribution in [0.5, 0.6) is 0 Å². The lowest BCUT2D eigenvalue weighted by molar-refractivity contribution is 0.0894. The molecule has 0 radical (unpaired) electrons. The number of benzene rings is 6. The summed E-state index contributed by atoms with van der Waals surface area (Å²) in [7, 11) is 0. The maximum Gasteiger partial charge on any atom is 0.170 e. The molecule has 4 heteroatoms. The van der Waals surface area contributed by atoms with E-state index in [0.29, 0.717) is 11.1 Å². The van der Waals surface area contributed by atoms with E-state index in [1.165, 1.54) is 21.5 Å². The zero-order valence-electron chi connectivity index (χ0n) is 23.3. The molecule has 4 nitrogen and oxygen atoms in total. The first-order chi connectivity index (χ1) is 21.2. The third-order valence-corrected chi connectivity index (χ3v) is 8.38. The first kappa shape index (κ1) is 25.0. The van der Waals surface area contributed by atoms with E-state index < -0.39 is 0 Å². The molecular weight excluding hydrogens is 528 g/mol. The van der Waals surface area contributed by atoms with Gasteiger partial charge in [0.15, 0.2) is 11.6 Å². The Morgan fingerprint density at radius 2 is 0.651 bits per heavy atom. The lowest BCUT2D eigenvalue weighted by Crippen LogP contribution is -2.09. The van der Waals surface area contributed by atoms with Crippen LogP contribution in [0.15, 0.2) is 146 Å². The molecule has 8 rings (SSSR count). The highest BCUT2D eigenvalue weighted by Crippen LogP contribution is 2.33. The lowest BCUT2D eigenvalue weighted by atomic mass is 10.0. The van der Waals surface area contributed by atoms with Gasteiger partial charge in [-0.25, -0.2) is 0 Å². The van der Waals surface area contributed by atoms with E-state index in [-0.39, 0.29) is 18.0 Å². The van der Waals surface area contributed by atoms with E-state index in [1.807, 2.05) is 72.8 Å². The number of aromatic nitrogens is 2. The molecule has 0 saturated carbocycles. The van der Waals surface area contributed by atoms with Gasteiger partial charge in [-0.15, -0.1) is 0 Å². The standard InChI is InChI=1S/C39H26N2O2/c42-38(26-17-21-28(22-18-26)40-34-13-5-1-9-30(34)31-10-2-6-14-35(31)40)25-39(43)27-19-23-29(24-20-27)41-36-15-7-3-11-32(36)33-12-4-8-16-37(33)41/h1-24H,25H2. The Bertz CT molecular complexity index is 2060. The molecule has 43 heavy (non-hydrogen) atoms. The van der Waals surface area contributed by atoms with E-state index >= 15 is 0 Å². The Labute approximate surface area is 248 Å². The Balaban J connectivity index is 1.05. The number of carbonyl (C=O) groups excluding carboxylic acids is 2. The van der Waals surface area contributed by atoms with Crippen LogP contribution in [-0.4, -0.2) is 20.7 Å². The Kier molecular flexibility index (Phi) is 5.80. The Morgan fingerprint density at radius 1 is 0.372 bits per heavy atom. The number of carbonyl (C=O) groups is 2. The smallest absolute Gasteiger partial charge is 0.170 e. The van der Waals surface area contributed by atoms with Crippen LogP contribution in [0.2, 0.25) is 0 Å². The zero-order chi connectivity index (χ0) is 28.9. The molecule has 0 atom stereocenters. The molecule has 0 fully saturated rings. The van der Waals surface area contributed by atoms with Crippen molar-refractivity contribution in [1.82, 2.24) is 9.13 Å². The van der Waals surface area contributed by atoms with Crippen molar-refractivity contribution in [3.63, 3.8) is 0 Å². The summed E-state index contributed by atoms with van der Waals surface area (Å²) < 4.78 is 4.42. The number of para-hydroxylation sites is 4. The minimum Gasteiger partial charge on any atom is -0.309 e. The van der Waals surface area contributed by atoms with Gasteiger partial charge >= 0.3 is 0 Å². The molecular formula is C39H26N2O2. The van der Waals surface area contributed by atoms with Crippen LogP contribution in [-0.2, 0) is 0 Å². The van der Waals surface area contributed by atoms with E-state index in [0.717, 1.165) is 33.4 Å². The number of hydrogen-bond acceptors (Lipinski definition) is 2. The van der Waals surface area contributed by atoms with Gasteiger partial charge in [0.25, 0.3) is 0 Å². The predicted molar refractivity (Wildman–Crippen MR) is 175 cm³/mol. The van der Waals surface area contributed by atoms with Crippen molar-refractivity contribution < 1.29 is 9.59 Å². The van der Waals surface area contributed by atoms with Gasteiger partial charge < -0.3 is 9.13 Å². The first-order valence-corrected chi connectivity index (χ1v) is 14.4. The summed E-state index contributed by atoms with van der Waals surface area (Å²) in [6, 6.07) is 48.4. The van der Waals surface area contributed by atoms with Gasteiger partial charge in [-0.3, -0.25) is 9.59 Å². The first-order valence-electron chi connectivity index (χ1n) is 14.4. The Morgan fingerprint density at radius 3 is 0.953 bits per heavy atom. The summed E-state index contributed by atoms with van der Waals surface area (Å²) in [5.74, 6) is -0.379. The highest BCUT2D eigenvalue weighted by molar-refractivity contribution is 6.14. The summed E-state index contributed by atoms with van der Waals surface area (Å²) in [6.45, 7) is 0. The van der Waals surface area contributed by atoms with Gasteiger partial charge in [-0.1, -0.05) is 72.8 Å². The van der Waals surface area contributed by atoms with Crippen molar-refractivity contribution in [3.05, 3.63) is 157 Å². The lowest BCUT2D eigenvalue weighted by Gasteiger charge is -2.10. The maximum absolute atomic E-state index is 13.2. The number of fused-ring (bicyclic) bond motifs is 6. The van der Waals surface area contributed by atoms with Gasteiger partial charge in [-0.2, -0.15) is 0 Å². The second kappa shape index (κ2) is 9.97. The molecule has 2 heterocycles. The molecule has 0 spiro atoms. The van der Waals surface area contributed by atoms with Crippen molar-refractivity contribution in [2.45, 2.75) is 6.42 Å². The minimum absolute atomic E-state index is 0.177. The van der Waals surface area contributed by atoms with Crippen LogP contribution < -0.4 is 0 Å². The number of rotatable bonds is 6. The molecule has 0 aliphatic rings. The quantitative estimate of drug-likeness (QED) is 0.152. The van der Waals surface area contributed by atoms with Crippen molar-refractivity contribution >= 4 is 55.2 Å². The predicted octanol–water partition coefficient (Wildman–Crippen LogP) is 9.34. The number of Topliss-reactive ketones (excluding diaryl/α,β-unsaturated/α-hetero) is 2. The van der Waals surface area contributed by atoms with Crippen LogP contribution in [0.25, 0.3) is 55.0 Å². The third kappa shape index (κ3) is 4.07. The molecule has 204 valence electrons. The fraction of sp³-hybridized carbons (Fsp3) is 0.0256. The molecule has 0 unspecified atom stereocenters. The Hall–Kier alpha value is -5.74. The van der Waals surface area contributed by atoms with Gasteiger partial charge in [0, 0.05) is 44.0 Å². The molecule has 0 saturated heterocycles. The van der Waals surface area contributed by atoms with E-state index in [2.05, 4.69) is 81.9 Å². The molecule has 0 aliphatic heterocycles. The monoisotopic (exact) mass is 554 g/mol. The zero-order valence-corrected chi connectivity index (χ0v) is 23.3. The van der Waals surface area contributed by atoms with Crippen LogP contribution in [0.4, 0.5) is 0 Å². The highest BCUT2D eigenvalue weighted by atomic mass is 16.1. The molecule has 0 bridgehead atoms. The molecule has 8 aromatic rings. The summed E-state index contributed by atoms with van der Waals surface area (Å²) in [5.41, 5.74) is 7.45. The molecule has 2 aromatic heterocycles. The number of hydrogen-bond donors (Lipinski definition) is 0. The second-order valence-corrected chi connectivity index (χ2v) is 10.9. The number of ketones is 2. The van der Waals surface area contributed by atoms with Crippen molar-refractivity contribution in [2.24, 2.45) is 0 Å². The normalized spacial score (nSPS) is 11.5. The maximum atomic E-state index is 13.2. The SMILES string of the molecule is O=C(CC(=O)c1ccc(-n2c3ccccc3c3ccccc32)cc1)c1ccc(-n2c3ccccc3c3ccccc32)cc1. The van der Waals surface area contributed by atoms with Gasteiger partial charge in [0.2, 0.25) is 0 Å². The highest BCUT2D eigenvalue weighted by Gasteiger charge is 2.17. The van der Waals surface area contributed by atoms with E-state index in [9.17, 15) is 9.59 Å². The molecule has 0 aliphatic carbocycles. The van der Waals surface area contributed by atoms with Crippen LogP contribution in [0, 0.1) is 0 Å². The number of nitrogens with zero attached hydrogens (tertiary/aromatic N) is 2. The largest absolute Gasteiger partial charge is 0.309 e. The average Bonchev–Trinajstić information content (AvgIpc) is 3.58. The fourth-order valence-corrected chi connectivity index (χ4v) is 6.34. The van der Waals surface area contributed by atoms with Crippen LogP contribution in [0.3, 0.4) is 0 Å². The molecule has 6 aromatic carbocycles. The molecule has 0 N–H and O–H groups in total. The van der Waals surface area contributed by atoms with Crippen molar-refractivity contribution in [1.29, 1.82) is 0 Å². The second-order valence-electron chi connectivity index (χ2n) is 10.9. The summed E-state index contributed by atoms with van der Waals surface area (Å²) in [6.07, 6.45) is -0.177. The third-order valence-electron chi connectivity index (χ3n) is 8.38. The average molecular weight is 555 g/mol. The molecule has 0 amide bonds. The van der Waals surface area contributed by atoms with Crippen molar-refractivity contribution in [3.8, 4) is 11.4 Å². The van der Waals surface area contributed by atoms with Crippen LogP contribution >= 0.6 is 0 Å². The van der Waals surface area contributed by atoms with Gasteiger partial charge in [0.05, 0.1) is 28.5 Å². The summed E-state index contributed by atoms with van der Waals surface area (Å²) in [4.78, 5) is 26.3. The van der Waals surface area contributed by atoms with E-state index in [4.69, 9.17) is 0 Å². The van der Waals surface area contributed by atoms with Crippen LogP contribution in [0.1, 0.15) is 27.1 Å². The van der Waals surface area contributed by atoms with Gasteiger partial charge in [0.1, 0.15) is 0 Å². The topological polar surface area (TPSA) is 44.0 Å². The van der Waals surface area contributed by atoms with Crippen molar-refractivity contribution in [2.75, 3.05) is 0 Å². The minimum atomic E-state index is -0.190. The van der Waals surface area contributed by atoms with E-state index in [1.54, 1.807) is 0 Å². The summed E-state index contributed by atoms with van der Waals surface area (Å²) >= 11 is 0. The summed E-state index contributed by atoms with van der Waals surface area (Å²) in [5, 5.41) is 4.75.